The van der Waals surface area contributed by atoms with Gasteiger partial charge in [0, 0.05) is 21.9 Å². The van der Waals surface area contributed by atoms with E-state index in [-0.39, 0.29) is 5.91 Å². The van der Waals surface area contributed by atoms with Crippen LogP contribution in [-0.4, -0.2) is 24.0 Å². The van der Waals surface area contributed by atoms with Crippen molar-refractivity contribution in [2.75, 3.05) is 12.4 Å². The lowest BCUT2D eigenvalue weighted by molar-refractivity contribution is 0.0603. The summed E-state index contributed by atoms with van der Waals surface area (Å²) in [5.41, 5.74) is 8.23. The van der Waals surface area contributed by atoms with Crippen LogP contribution in [0.15, 0.2) is 78.2 Å². The molecule has 1 N–H and O–H groups in total. The quantitative estimate of drug-likeness (QED) is 0.249. The molecule has 0 bridgehead atoms. The van der Waals surface area contributed by atoms with Crippen molar-refractivity contribution in [2.45, 2.75) is 20.8 Å². The number of fused-ring (bicyclic) bond motifs is 1. The molecule has 184 valence electrons. The van der Waals surface area contributed by atoms with Gasteiger partial charge in [-0.3, -0.25) is 4.79 Å². The number of benzene rings is 3. The van der Waals surface area contributed by atoms with Crippen LogP contribution in [-0.2, 0) is 4.74 Å². The Bertz CT molecular complexity index is 1650. The fourth-order valence-electron chi connectivity index (χ4n) is 4.47. The van der Waals surface area contributed by atoms with Gasteiger partial charge in [-0.15, -0.1) is 11.3 Å². The number of aryl methyl sites for hydroxylation is 3. The predicted molar refractivity (Wildman–Crippen MR) is 150 cm³/mol. The normalized spacial score (nSPS) is 10.9. The summed E-state index contributed by atoms with van der Waals surface area (Å²) in [6, 6.07) is 23.5. The molecule has 37 heavy (non-hydrogen) atoms. The first-order valence-electron chi connectivity index (χ1n) is 11.9. The first kappa shape index (κ1) is 24.4. The highest BCUT2D eigenvalue weighted by Crippen LogP contribution is 2.37. The van der Waals surface area contributed by atoms with Gasteiger partial charge in [-0.1, -0.05) is 71.8 Å². The number of aromatic nitrogens is 1. The van der Waals surface area contributed by atoms with Crippen LogP contribution in [0.4, 0.5) is 5.00 Å². The maximum atomic E-state index is 13.7. The van der Waals surface area contributed by atoms with Gasteiger partial charge in [0.05, 0.1) is 23.9 Å². The number of carbonyl (C=O) groups is 2. The molecular formula is C31H26N2O3S. The molecule has 0 unspecified atom stereocenters. The summed E-state index contributed by atoms with van der Waals surface area (Å²) in [6.45, 7) is 6.10. The number of hydrogen-bond acceptors (Lipinski definition) is 5. The lowest BCUT2D eigenvalue weighted by Gasteiger charge is -2.13. The minimum atomic E-state index is -0.498. The first-order valence-corrected chi connectivity index (χ1v) is 12.8. The molecule has 5 aromatic rings. The van der Waals surface area contributed by atoms with Crippen molar-refractivity contribution in [3.63, 3.8) is 0 Å². The summed E-state index contributed by atoms with van der Waals surface area (Å²) in [5, 5.41) is 6.05. The van der Waals surface area contributed by atoms with E-state index >= 15 is 0 Å². The molecule has 0 fully saturated rings. The lowest BCUT2D eigenvalue weighted by atomic mass is 9.99. The van der Waals surface area contributed by atoms with E-state index in [2.05, 4.69) is 11.4 Å². The number of methoxy groups -OCH3 is 1. The number of nitrogens with one attached hydrogen (secondary N) is 1. The summed E-state index contributed by atoms with van der Waals surface area (Å²) in [7, 11) is 1.34. The van der Waals surface area contributed by atoms with E-state index in [0.717, 1.165) is 50.0 Å². The van der Waals surface area contributed by atoms with Crippen molar-refractivity contribution < 1.29 is 14.3 Å². The second kappa shape index (κ2) is 9.99. The fourth-order valence-corrected chi connectivity index (χ4v) is 5.43. The Balaban J connectivity index is 1.59. The second-order valence-electron chi connectivity index (χ2n) is 9.06. The van der Waals surface area contributed by atoms with Gasteiger partial charge in [-0.2, -0.15) is 0 Å². The molecular weight excluding hydrogens is 480 g/mol. The first-order chi connectivity index (χ1) is 17.9. The van der Waals surface area contributed by atoms with E-state index in [1.54, 1.807) is 0 Å². The van der Waals surface area contributed by atoms with Gasteiger partial charge in [0.15, 0.2) is 0 Å². The maximum Gasteiger partial charge on any atom is 0.341 e. The number of ether oxygens (including phenoxy) is 1. The van der Waals surface area contributed by atoms with Crippen molar-refractivity contribution >= 4 is 39.1 Å². The van der Waals surface area contributed by atoms with Gasteiger partial charge >= 0.3 is 5.97 Å². The number of thiophene rings is 1. The standard InChI is InChI=1S/C31H26N2O3S/c1-18-9-12-21(13-10-18)25-17-37-30(28(25)31(35)36-4)33-29(34)24-16-27(22-14-11-19(2)15-20(22)3)32-26-8-6-5-7-23(24)26/h5-17H,1-4H3,(H,33,34). The molecule has 0 saturated carbocycles. The van der Waals surface area contributed by atoms with Gasteiger partial charge in [0.1, 0.15) is 10.6 Å². The molecule has 0 aliphatic heterocycles. The Morgan fingerprint density at radius 2 is 1.59 bits per heavy atom. The number of nitrogens with zero attached hydrogens (tertiary/aromatic N) is 1. The van der Waals surface area contributed by atoms with Gasteiger partial charge < -0.3 is 10.1 Å². The minimum absolute atomic E-state index is 0.313. The highest BCUT2D eigenvalue weighted by Gasteiger charge is 2.24. The molecule has 6 heteroatoms. The topological polar surface area (TPSA) is 68.3 Å². The van der Waals surface area contributed by atoms with Crippen LogP contribution in [0, 0.1) is 20.8 Å². The smallest absolute Gasteiger partial charge is 0.341 e. The van der Waals surface area contributed by atoms with Crippen molar-refractivity contribution in [1.82, 2.24) is 4.98 Å². The number of pyridine rings is 1. The van der Waals surface area contributed by atoms with Crippen molar-refractivity contribution in [3.8, 4) is 22.4 Å². The highest BCUT2D eigenvalue weighted by atomic mass is 32.1. The summed E-state index contributed by atoms with van der Waals surface area (Å²) >= 11 is 1.30. The van der Waals surface area contributed by atoms with E-state index in [1.807, 2.05) is 92.9 Å². The number of rotatable bonds is 5. The van der Waals surface area contributed by atoms with E-state index in [1.165, 1.54) is 18.4 Å². The minimum Gasteiger partial charge on any atom is -0.465 e. The molecule has 0 spiro atoms. The van der Waals surface area contributed by atoms with Crippen LogP contribution < -0.4 is 5.32 Å². The monoisotopic (exact) mass is 506 g/mol. The zero-order valence-electron chi connectivity index (χ0n) is 21.1. The van der Waals surface area contributed by atoms with Crippen LogP contribution in [0.3, 0.4) is 0 Å². The number of anilines is 1. The highest BCUT2D eigenvalue weighted by molar-refractivity contribution is 7.15. The summed E-state index contributed by atoms with van der Waals surface area (Å²) in [6.07, 6.45) is 0. The zero-order valence-corrected chi connectivity index (χ0v) is 21.9. The molecule has 0 aliphatic carbocycles. The van der Waals surface area contributed by atoms with Gasteiger partial charge in [0.2, 0.25) is 0 Å². The van der Waals surface area contributed by atoms with Gasteiger partial charge in [-0.25, -0.2) is 9.78 Å². The molecule has 2 heterocycles. The largest absolute Gasteiger partial charge is 0.465 e. The van der Waals surface area contributed by atoms with Crippen molar-refractivity contribution in [1.29, 1.82) is 0 Å². The van der Waals surface area contributed by atoms with E-state index in [0.29, 0.717) is 16.1 Å². The lowest BCUT2D eigenvalue weighted by Crippen LogP contribution is -2.15. The van der Waals surface area contributed by atoms with E-state index in [4.69, 9.17) is 9.72 Å². The molecule has 5 rings (SSSR count). The molecule has 0 aliphatic rings. The van der Waals surface area contributed by atoms with E-state index < -0.39 is 5.97 Å². The average Bonchev–Trinajstić information content (AvgIpc) is 3.31. The molecule has 0 atom stereocenters. The van der Waals surface area contributed by atoms with Crippen molar-refractivity contribution in [3.05, 3.63) is 106 Å². The maximum absolute atomic E-state index is 13.7. The Hall–Kier alpha value is -4.29. The number of esters is 1. The molecule has 1 amide bonds. The molecule has 0 saturated heterocycles. The zero-order chi connectivity index (χ0) is 26.1. The second-order valence-corrected chi connectivity index (χ2v) is 9.94. The van der Waals surface area contributed by atoms with Crippen LogP contribution in [0.2, 0.25) is 0 Å². The summed E-state index contributed by atoms with van der Waals surface area (Å²) < 4.78 is 5.08. The Labute approximate surface area is 219 Å². The SMILES string of the molecule is COC(=O)c1c(-c2ccc(C)cc2)csc1NC(=O)c1cc(-c2ccc(C)cc2C)nc2ccccc12. The Kier molecular flexibility index (Phi) is 6.59. The fraction of sp³-hybridized carbons (Fsp3) is 0.129. The third-order valence-corrected chi connectivity index (χ3v) is 7.28. The van der Waals surface area contributed by atoms with Crippen molar-refractivity contribution in [2.24, 2.45) is 0 Å². The molecule has 0 radical (unpaired) electrons. The Morgan fingerprint density at radius 1 is 0.865 bits per heavy atom. The average molecular weight is 507 g/mol. The van der Waals surface area contributed by atoms with Crippen LogP contribution >= 0.6 is 11.3 Å². The number of carbonyl (C=O) groups excluding carboxylic acids is 2. The van der Waals surface area contributed by atoms with Gasteiger partial charge in [0.25, 0.3) is 5.91 Å². The molecule has 2 aromatic heterocycles. The predicted octanol–water partition coefficient (Wildman–Crippen LogP) is 7.59. The third-order valence-electron chi connectivity index (χ3n) is 6.39. The number of para-hydroxylation sites is 1. The summed E-state index contributed by atoms with van der Waals surface area (Å²) in [5.74, 6) is -0.810. The molecule has 5 nitrogen and oxygen atoms in total. The van der Waals surface area contributed by atoms with Crippen LogP contribution in [0.25, 0.3) is 33.3 Å². The number of amides is 1. The third kappa shape index (κ3) is 4.76. The van der Waals surface area contributed by atoms with Gasteiger partial charge in [-0.05, 0) is 44.0 Å². The number of hydrogen-bond donors (Lipinski definition) is 1. The van der Waals surface area contributed by atoms with Crippen LogP contribution in [0.5, 0.6) is 0 Å². The molecule has 3 aromatic carbocycles. The summed E-state index contributed by atoms with van der Waals surface area (Å²) in [4.78, 5) is 31.4. The van der Waals surface area contributed by atoms with Crippen LogP contribution in [0.1, 0.15) is 37.4 Å². The Morgan fingerprint density at radius 3 is 2.32 bits per heavy atom. The van der Waals surface area contributed by atoms with E-state index in [9.17, 15) is 9.59 Å².